The van der Waals surface area contributed by atoms with Crippen molar-refractivity contribution in [3.63, 3.8) is 0 Å². The number of aliphatic hydroxyl groups is 1. The Labute approximate surface area is 135 Å². The van der Waals surface area contributed by atoms with Crippen LogP contribution in [0.1, 0.15) is 0 Å². The van der Waals surface area contributed by atoms with Crippen molar-refractivity contribution in [1.82, 2.24) is 0 Å². The zero-order chi connectivity index (χ0) is 16.2. The molecule has 0 saturated heterocycles. The minimum Gasteiger partial charge on any atom is -0.390 e. The summed E-state index contributed by atoms with van der Waals surface area (Å²) in [5.74, 6) is 0.180. The molecule has 0 radical (unpaired) electrons. The van der Waals surface area contributed by atoms with Crippen LogP contribution >= 0.6 is 11.6 Å². The molecular weight excluding hydrogens is 322 g/mol. The number of nitrogens with one attached hydrogen (secondary N) is 1. The van der Waals surface area contributed by atoms with E-state index in [0.29, 0.717) is 11.4 Å². The van der Waals surface area contributed by atoms with Crippen LogP contribution in [0.25, 0.3) is 11.1 Å². The third-order valence-electron chi connectivity index (χ3n) is 3.20. The summed E-state index contributed by atoms with van der Waals surface area (Å²) in [5.41, 5.74) is 2.76. The van der Waals surface area contributed by atoms with E-state index < -0.39 is 15.9 Å². The molecule has 22 heavy (non-hydrogen) atoms. The Hall–Kier alpha value is -1.56. The second-order valence-corrected chi connectivity index (χ2v) is 7.39. The molecule has 0 amide bonds. The number of hydrogen-bond acceptors (Lipinski definition) is 4. The molecule has 2 aromatic carbocycles. The molecular formula is C16H18ClNO3S. The molecule has 6 heteroatoms. The summed E-state index contributed by atoms with van der Waals surface area (Å²) in [6.07, 6.45) is 0.591. The van der Waals surface area contributed by atoms with E-state index in [2.05, 4.69) is 5.32 Å². The Bertz CT molecular complexity index is 729. The number of alkyl halides is 1. The second kappa shape index (κ2) is 7.13. The van der Waals surface area contributed by atoms with E-state index in [4.69, 9.17) is 11.6 Å². The summed E-state index contributed by atoms with van der Waals surface area (Å²) < 4.78 is 22.9. The lowest BCUT2D eigenvalue weighted by molar-refractivity contribution is 0.211. The molecule has 0 spiro atoms. The van der Waals surface area contributed by atoms with Crippen LogP contribution in [0.15, 0.2) is 53.4 Å². The Kier molecular flexibility index (Phi) is 5.45. The largest absolute Gasteiger partial charge is 0.390 e. The average Bonchev–Trinajstić information content (AvgIpc) is 2.52. The molecule has 2 N–H and O–H groups in total. The molecule has 2 rings (SSSR count). The van der Waals surface area contributed by atoms with Crippen molar-refractivity contribution < 1.29 is 13.5 Å². The standard InChI is InChI=1S/C16H18ClNO3S/c1-22(20,21)16-7-5-12(6-8-16)13-3-2-4-14(9-13)18-11-15(19)10-17/h2-9,15,18-19H,10-11H2,1H3. The lowest BCUT2D eigenvalue weighted by Gasteiger charge is -2.11. The van der Waals surface area contributed by atoms with Gasteiger partial charge in [0.25, 0.3) is 0 Å². The van der Waals surface area contributed by atoms with Crippen molar-refractivity contribution in [2.24, 2.45) is 0 Å². The predicted octanol–water partition coefficient (Wildman–Crippen LogP) is 2.77. The smallest absolute Gasteiger partial charge is 0.175 e. The van der Waals surface area contributed by atoms with Gasteiger partial charge in [-0.15, -0.1) is 11.6 Å². The van der Waals surface area contributed by atoms with Gasteiger partial charge in [-0.25, -0.2) is 8.42 Å². The molecule has 1 unspecified atom stereocenters. The summed E-state index contributed by atoms with van der Waals surface area (Å²) in [7, 11) is -3.18. The summed E-state index contributed by atoms with van der Waals surface area (Å²) in [6, 6.07) is 14.4. The van der Waals surface area contributed by atoms with Gasteiger partial charge in [0.15, 0.2) is 9.84 Å². The highest BCUT2D eigenvalue weighted by atomic mass is 35.5. The van der Waals surface area contributed by atoms with Crippen LogP contribution in [-0.2, 0) is 9.84 Å². The Morgan fingerprint density at radius 1 is 1.14 bits per heavy atom. The van der Waals surface area contributed by atoms with Gasteiger partial charge in [0.1, 0.15) is 0 Å². The maximum atomic E-state index is 11.5. The van der Waals surface area contributed by atoms with E-state index >= 15 is 0 Å². The van der Waals surface area contributed by atoms with Gasteiger partial charge in [-0.3, -0.25) is 0 Å². The molecule has 118 valence electrons. The highest BCUT2D eigenvalue weighted by Crippen LogP contribution is 2.24. The fourth-order valence-corrected chi connectivity index (χ4v) is 2.73. The van der Waals surface area contributed by atoms with Gasteiger partial charge in [-0.05, 0) is 35.4 Å². The number of anilines is 1. The van der Waals surface area contributed by atoms with E-state index in [1.165, 1.54) is 6.26 Å². The molecule has 0 aliphatic carbocycles. The number of rotatable bonds is 6. The lowest BCUT2D eigenvalue weighted by Crippen LogP contribution is -2.20. The van der Waals surface area contributed by atoms with Crippen LogP contribution in [-0.4, -0.2) is 38.3 Å². The topological polar surface area (TPSA) is 66.4 Å². The average molecular weight is 340 g/mol. The van der Waals surface area contributed by atoms with Crippen LogP contribution in [0.3, 0.4) is 0 Å². The molecule has 0 bridgehead atoms. The van der Waals surface area contributed by atoms with Crippen molar-refractivity contribution in [3.8, 4) is 11.1 Å². The van der Waals surface area contributed by atoms with Crippen LogP contribution in [0.5, 0.6) is 0 Å². The van der Waals surface area contributed by atoms with E-state index in [0.717, 1.165) is 16.8 Å². The molecule has 4 nitrogen and oxygen atoms in total. The van der Waals surface area contributed by atoms with E-state index in [1.807, 2.05) is 24.3 Å². The summed E-state index contributed by atoms with van der Waals surface area (Å²) in [4.78, 5) is 0.302. The molecule has 1 atom stereocenters. The molecule has 0 aromatic heterocycles. The van der Waals surface area contributed by atoms with Crippen LogP contribution in [0.2, 0.25) is 0 Å². The van der Waals surface area contributed by atoms with Gasteiger partial charge in [-0.2, -0.15) is 0 Å². The minimum absolute atomic E-state index is 0.180. The summed E-state index contributed by atoms with van der Waals surface area (Å²) >= 11 is 5.56. The zero-order valence-corrected chi connectivity index (χ0v) is 13.7. The third-order valence-corrected chi connectivity index (χ3v) is 4.68. The lowest BCUT2D eigenvalue weighted by atomic mass is 10.1. The maximum Gasteiger partial charge on any atom is 0.175 e. The monoisotopic (exact) mass is 339 g/mol. The third kappa shape index (κ3) is 4.47. The Balaban J connectivity index is 2.19. The zero-order valence-electron chi connectivity index (χ0n) is 12.2. The van der Waals surface area contributed by atoms with Gasteiger partial charge in [-0.1, -0.05) is 24.3 Å². The van der Waals surface area contributed by atoms with Crippen molar-refractivity contribution in [1.29, 1.82) is 0 Å². The van der Waals surface area contributed by atoms with Crippen LogP contribution in [0.4, 0.5) is 5.69 Å². The predicted molar refractivity (Wildman–Crippen MR) is 90.2 cm³/mol. The molecule has 0 saturated carbocycles. The van der Waals surface area contributed by atoms with Gasteiger partial charge >= 0.3 is 0 Å². The Morgan fingerprint density at radius 3 is 2.41 bits per heavy atom. The fraction of sp³-hybridized carbons (Fsp3) is 0.250. The Morgan fingerprint density at radius 2 is 1.82 bits per heavy atom. The first-order chi connectivity index (χ1) is 10.4. The molecule has 0 aliphatic rings. The number of benzene rings is 2. The highest BCUT2D eigenvalue weighted by molar-refractivity contribution is 7.90. The molecule has 0 fully saturated rings. The molecule has 0 aliphatic heterocycles. The molecule has 0 heterocycles. The van der Waals surface area contributed by atoms with Crippen LogP contribution < -0.4 is 5.32 Å². The second-order valence-electron chi connectivity index (χ2n) is 5.07. The summed E-state index contributed by atoms with van der Waals surface area (Å²) in [6.45, 7) is 0.375. The van der Waals surface area contributed by atoms with Gasteiger partial charge in [0.2, 0.25) is 0 Å². The van der Waals surface area contributed by atoms with E-state index in [9.17, 15) is 13.5 Å². The highest BCUT2D eigenvalue weighted by Gasteiger charge is 2.07. The van der Waals surface area contributed by atoms with E-state index in [-0.39, 0.29) is 5.88 Å². The summed E-state index contributed by atoms with van der Waals surface area (Å²) in [5, 5.41) is 12.6. The first-order valence-electron chi connectivity index (χ1n) is 6.78. The van der Waals surface area contributed by atoms with Crippen molar-refractivity contribution in [2.45, 2.75) is 11.0 Å². The van der Waals surface area contributed by atoms with Gasteiger partial charge < -0.3 is 10.4 Å². The number of sulfone groups is 1. The van der Waals surface area contributed by atoms with Crippen molar-refractivity contribution in [3.05, 3.63) is 48.5 Å². The minimum atomic E-state index is -3.18. The van der Waals surface area contributed by atoms with E-state index in [1.54, 1.807) is 24.3 Å². The number of aliphatic hydroxyl groups excluding tert-OH is 1. The van der Waals surface area contributed by atoms with Crippen molar-refractivity contribution >= 4 is 27.1 Å². The van der Waals surface area contributed by atoms with Gasteiger partial charge in [0.05, 0.1) is 16.9 Å². The SMILES string of the molecule is CS(=O)(=O)c1ccc(-c2cccc(NCC(O)CCl)c2)cc1. The fourth-order valence-electron chi connectivity index (χ4n) is 1.99. The normalized spacial score (nSPS) is 12.9. The maximum absolute atomic E-state index is 11.5. The number of hydrogen-bond donors (Lipinski definition) is 2. The van der Waals surface area contributed by atoms with Gasteiger partial charge in [0, 0.05) is 18.5 Å². The molecule has 2 aromatic rings. The number of halogens is 1. The quantitative estimate of drug-likeness (QED) is 0.794. The van der Waals surface area contributed by atoms with Crippen LogP contribution in [0, 0.1) is 0 Å². The van der Waals surface area contributed by atoms with Crippen molar-refractivity contribution in [2.75, 3.05) is 24.0 Å². The first-order valence-corrected chi connectivity index (χ1v) is 9.21. The first kappa shape index (κ1) is 16.8.